The van der Waals surface area contributed by atoms with E-state index >= 15 is 0 Å². The Kier molecular flexibility index (Phi) is 21.6. The molecule has 8 heteroatoms. The highest BCUT2D eigenvalue weighted by atomic mass is 16.2. The number of rotatable bonds is 25. The second-order valence-electron chi connectivity index (χ2n) is 10.3. The summed E-state index contributed by atoms with van der Waals surface area (Å²) in [4.78, 5) is 24.2. The standard InChI is InChI=1S/C30H56N6O2/c1-2-3-4-5-6-7-8-9-10-11-14-26-16-18-27(19-17-26)36-30(38)28(32)15-12-13-21-35-29(37)25-34-24-23-33-22-20-31/h16-19,28,33-34H,2-15,20-25,31-32H2,1H3,(H,35,37)(H,36,38). The SMILES string of the molecule is CCCCCCCCCCCCc1ccc(NC(=O)C(N)CCCCNC(=O)CNCCNCCN)cc1. The number of hydrogen-bond donors (Lipinski definition) is 6. The monoisotopic (exact) mass is 532 g/mol. The number of amides is 2. The van der Waals surface area contributed by atoms with Gasteiger partial charge in [0.1, 0.15) is 0 Å². The molecule has 1 aromatic carbocycles. The van der Waals surface area contributed by atoms with Gasteiger partial charge in [0.05, 0.1) is 12.6 Å². The van der Waals surface area contributed by atoms with Gasteiger partial charge in [0, 0.05) is 38.4 Å². The van der Waals surface area contributed by atoms with Gasteiger partial charge in [0.25, 0.3) is 0 Å². The number of hydrogen-bond acceptors (Lipinski definition) is 6. The maximum absolute atomic E-state index is 12.4. The largest absolute Gasteiger partial charge is 0.355 e. The summed E-state index contributed by atoms with van der Waals surface area (Å²) in [6, 6.07) is 7.58. The van der Waals surface area contributed by atoms with Crippen LogP contribution in [0.4, 0.5) is 5.69 Å². The van der Waals surface area contributed by atoms with Crippen LogP contribution in [0.1, 0.15) is 96.0 Å². The van der Waals surface area contributed by atoms with E-state index in [2.05, 4.69) is 40.3 Å². The normalized spacial score (nSPS) is 11.9. The van der Waals surface area contributed by atoms with Gasteiger partial charge in [-0.1, -0.05) is 76.8 Å². The first-order valence-corrected chi connectivity index (χ1v) is 15.1. The molecule has 0 spiro atoms. The molecule has 1 atom stereocenters. The van der Waals surface area contributed by atoms with Gasteiger partial charge in [0.2, 0.25) is 11.8 Å². The smallest absolute Gasteiger partial charge is 0.241 e. The zero-order valence-electron chi connectivity index (χ0n) is 24.0. The molecule has 0 aromatic heterocycles. The van der Waals surface area contributed by atoms with Crippen LogP contribution in [0, 0.1) is 0 Å². The fourth-order valence-electron chi connectivity index (χ4n) is 4.32. The molecular weight excluding hydrogens is 476 g/mol. The van der Waals surface area contributed by atoms with Crippen molar-refractivity contribution in [3.63, 3.8) is 0 Å². The Hall–Kier alpha value is -2.00. The van der Waals surface area contributed by atoms with E-state index in [0.29, 0.717) is 26.1 Å². The third kappa shape index (κ3) is 19.1. The summed E-state index contributed by atoms with van der Waals surface area (Å²) in [6.07, 6.45) is 16.7. The van der Waals surface area contributed by atoms with E-state index in [1.165, 1.54) is 69.8 Å². The Morgan fingerprint density at radius 3 is 2.05 bits per heavy atom. The number of nitrogens with two attached hydrogens (primary N) is 2. The first kappa shape index (κ1) is 34.0. The minimum atomic E-state index is -0.556. The van der Waals surface area contributed by atoms with Gasteiger partial charge in [0.15, 0.2) is 0 Å². The molecule has 218 valence electrons. The molecule has 0 radical (unpaired) electrons. The van der Waals surface area contributed by atoms with E-state index in [1.54, 1.807) is 0 Å². The number of carbonyl (C=O) groups is 2. The molecular formula is C30H56N6O2. The van der Waals surface area contributed by atoms with Crippen LogP contribution in [0.15, 0.2) is 24.3 Å². The van der Waals surface area contributed by atoms with Crippen LogP contribution in [0.2, 0.25) is 0 Å². The van der Waals surface area contributed by atoms with Crippen LogP contribution in [0.3, 0.4) is 0 Å². The van der Waals surface area contributed by atoms with Gasteiger partial charge in [-0.25, -0.2) is 0 Å². The van der Waals surface area contributed by atoms with E-state index in [0.717, 1.165) is 44.6 Å². The quantitative estimate of drug-likeness (QED) is 0.106. The van der Waals surface area contributed by atoms with Crippen LogP contribution in [-0.2, 0) is 16.0 Å². The lowest BCUT2D eigenvalue weighted by Crippen LogP contribution is -2.38. The molecule has 0 fully saturated rings. The molecule has 0 bridgehead atoms. The molecule has 38 heavy (non-hydrogen) atoms. The molecule has 2 amide bonds. The van der Waals surface area contributed by atoms with Crippen LogP contribution in [-0.4, -0.2) is 57.1 Å². The average molecular weight is 533 g/mol. The van der Waals surface area contributed by atoms with Crippen LogP contribution >= 0.6 is 0 Å². The Bertz CT molecular complexity index is 713. The van der Waals surface area contributed by atoms with Crippen LogP contribution in [0.5, 0.6) is 0 Å². The molecule has 0 saturated carbocycles. The minimum Gasteiger partial charge on any atom is -0.355 e. The minimum absolute atomic E-state index is 0.0255. The van der Waals surface area contributed by atoms with Crippen molar-refractivity contribution in [2.75, 3.05) is 44.6 Å². The number of nitrogens with one attached hydrogen (secondary N) is 4. The Morgan fingerprint density at radius 2 is 1.39 bits per heavy atom. The Morgan fingerprint density at radius 1 is 0.763 bits per heavy atom. The van der Waals surface area contributed by atoms with Crippen molar-refractivity contribution in [2.24, 2.45) is 11.5 Å². The maximum atomic E-state index is 12.4. The molecule has 8 N–H and O–H groups in total. The number of unbranched alkanes of at least 4 members (excludes halogenated alkanes) is 10. The molecule has 0 heterocycles. The fraction of sp³-hybridized carbons (Fsp3) is 0.733. The third-order valence-corrected chi connectivity index (χ3v) is 6.73. The lowest BCUT2D eigenvalue weighted by atomic mass is 10.0. The van der Waals surface area contributed by atoms with E-state index in [-0.39, 0.29) is 11.8 Å². The second-order valence-corrected chi connectivity index (χ2v) is 10.3. The van der Waals surface area contributed by atoms with Gasteiger partial charge < -0.3 is 32.7 Å². The number of aryl methyl sites for hydroxylation is 1. The molecule has 0 saturated heterocycles. The van der Waals surface area contributed by atoms with Gasteiger partial charge >= 0.3 is 0 Å². The number of carbonyl (C=O) groups excluding carboxylic acids is 2. The first-order valence-electron chi connectivity index (χ1n) is 15.1. The molecule has 1 unspecified atom stereocenters. The van der Waals surface area contributed by atoms with Crippen molar-refractivity contribution < 1.29 is 9.59 Å². The lowest BCUT2D eigenvalue weighted by molar-refractivity contribution is -0.120. The van der Waals surface area contributed by atoms with Crippen molar-refractivity contribution in [1.29, 1.82) is 0 Å². The van der Waals surface area contributed by atoms with Crippen LogP contribution < -0.4 is 32.7 Å². The molecule has 0 aliphatic heterocycles. The highest BCUT2D eigenvalue weighted by Crippen LogP contribution is 2.15. The van der Waals surface area contributed by atoms with Crippen molar-refractivity contribution in [3.8, 4) is 0 Å². The summed E-state index contributed by atoms with van der Waals surface area (Å²) in [7, 11) is 0. The van der Waals surface area contributed by atoms with Gasteiger partial charge in [-0.3, -0.25) is 9.59 Å². The van der Waals surface area contributed by atoms with E-state index < -0.39 is 6.04 Å². The average Bonchev–Trinajstić information content (AvgIpc) is 2.92. The summed E-state index contributed by atoms with van der Waals surface area (Å²) in [6.45, 7) is 6.04. The third-order valence-electron chi connectivity index (χ3n) is 6.73. The summed E-state index contributed by atoms with van der Waals surface area (Å²) >= 11 is 0. The molecule has 0 aliphatic rings. The van der Waals surface area contributed by atoms with E-state index in [1.807, 2.05) is 12.1 Å². The highest BCUT2D eigenvalue weighted by molar-refractivity contribution is 5.94. The summed E-state index contributed by atoms with van der Waals surface area (Å²) in [5.74, 6) is -0.189. The Balaban J connectivity index is 2.06. The summed E-state index contributed by atoms with van der Waals surface area (Å²) in [5.41, 5.74) is 13.6. The van der Waals surface area contributed by atoms with Gasteiger partial charge in [-0.2, -0.15) is 0 Å². The maximum Gasteiger partial charge on any atom is 0.241 e. The van der Waals surface area contributed by atoms with Crippen molar-refractivity contribution in [1.82, 2.24) is 16.0 Å². The van der Waals surface area contributed by atoms with Crippen LogP contribution in [0.25, 0.3) is 0 Å². The number of anilines is 1. The molecule has 1 aromatic rings. The summed E-state index contributed by atoms with van der Waals surface area (Å²) < 4.78 is 0. The first-order chi connectivity index (χ1) is 18.6. The fourth-order valence-corrected chi connectivity index (χ4v) is 4.32. The van der Waals surface area contributed by atoms with E-state index in [9.17, 15) is 9.59 Å². The zero-order valence-corrected chi connectivity index (χ0v) is 24.0. The van der Waals surface area contributed by atoms with E-state index in [4.69, 9.17) is 11.5 Å². The number of benzene rings is 1. The zero-order chi connectivity index (χ0) is 27.7. The van der Waals surface area contributed by atoms with Crippen molar-refractivity contribution >= 4 is 17.5 Å². The van der Waals surface area contributed by atoms with Gasteiger partial charge in [-0.05, 0) is 49.8 Å². The van der Waals surface area contributed by atoms with Crippen molar-refractivity contribution in [2.45, 2.75) is 103 Å². The topological polar surface area (TPSA) is 134 Å². The lowest BCUT2D eigenvalue weighted by Gasteiger charge is -2.13. The predicted octanol–water partition coefficient (Wildman–Crippen LogP) is 3.84. The molecule has 8 nitrogen and oxygen atoms in total. The summed E-state index contributed by atoms with van der Waals surface area (Å²) in [5, 5.41) is 12.1. The highest BCUT2D eigenvalue weighted by Gasteiger charge is 2.13. The molecule has 0 aliphatic carbocycles. The Labute approximate surface area is 231 Å². The second kappa shape index (κ2) is 24.1. The molecule has 1 rings (SSSR count). The van der Waals surface area contributed by atoms with Gasteiger partial charge in [-0.15, -0.1) is 0 Å². The predicted molar refractivity (Wildman–Crippen MR) is 160 cm³/mol. The van der Waals surface area contributed by atoms with Crippen molar-refractivity contribution in [3.05, 3.63) is 29.8 Å².